The van der Waals surface area contributed by atoms with E-state index in [0.29, 0.717) is 17.8 Å². The summed E-state index contributed by atoms with van der Waals surface area (Å²) in [5.41, 5.74) is 1.61. The van der Waals surface area contributed by atoms with Crippen LogP contribution in [-0.2, 0) is 0 Å². The lowest BCUT2D eigenvalue weighted by Gasteiger charge is -2.19. The Bertz CT molecular complexity index is 467. The van der Waals surface area contributed by atoms with Crippen LogP contribution in [0, 0.1) is 23.7 Å². The fraction of sp³-hybridized carbons (Fsp3) is 0.818. The topological polar surface area (TPSA) is 52.5 Å². The highest BCUT2D eigenvalue weighted by Gasteiger charge is 2.45. The number of hydrogen-bond donors (Lipinski definition) is 3. The van der Waals surface area contributed by atoms with Gasteiger partial charge in [-0.15, -0.1) is 0 Å². The van der Waals surface area contributed by atoms with Crippen LogP contribution in [-0.4, -0.2) is 36.0 Å². The Morgan fingerprint density at radius 1 is 1.20 bits per heavy atom. The van der Waals surface area contributed by atoms with Crippen molar-refractivity contribution in [1.82, 2.24) is 5.32 Å². The molecule has 3 rings (SSSR count). The van der Waals surface area contributed by atoms with E-state index in [-0.39, 0.29) is 18.1 Å². The molecule has 0 aromatic rings. The van der Waals surface area contributed by atoms with Gasteiger partial charge in [0, 0.05) is 5.92 Å². The molecule has 0 aromatic heterocycles. The highest BCUT2D eigenvalue weighted by molar-refractivity contribution is 5.18. The Morgan fingerprint density at radius 3 is 2.76 bits per heavy atom. The number of aliphatic hydroxyl groups is 2. The van der Waals surface area contributed by atoms with Crippen LogP contribution in [0.25, 0.3) is 0 Å². The maximum atomic E-state index is 10.5. The molecule has 0 unspecified atom stereocenters. The van der Waals surface area contributed by atoms with E-state index in [1.807, 2.05) is 13.1 Å². The molecule has 3 N–H and O–H groups in total. The third-order valence-corrected chi connectivity index (χ3v) is 6.84. The van der Waals surface area contributed by atoms with Gasteiger partial charge >= 0.3 is 0 Å². The molecule has 3 heteroatoms. The third-order valence-electron chi connectivity index (χ3n) is 6.84. The molecule has 0 bridgehead atoms. The third kappa shape index (κ3) is 4.96. The lowest BCUT2D eigenvalue weighted by Crippen LogP contribution is -2.19. The molecule has 0 saturated heterocycles. The van der Waals surface area contributed by atoms with Crippen molar-refractivity contribution < 1.29 is 10.2 Å². The van der Waals surface area contributed by atoms with Gasteiger partial charge in [0.05, 0.1) is 12.2 Å². The normalized spacial score (nSPS) is 35.9. The van der Waals surface area contributed by atoms with Gasteiger partial charge < -0.3 is 15.5 Å². The van der Waals surface area contributed by atoms with Gasteiger partial charge in [-0.2, -0.15) is 0 Å². The van der Waals surface area contributed by atoms with Crippen LogP contribution in [0.2, 0.25) is 0 Å². The van der Waals surface area contributed by atoms with E-state index in [2.05, 4.69) is 17.5 Å². The monoisotopic (exact) mass is 347 g/mol. The van der Waals surface area contributed by atoms with Crippen molar-refractivity contribution in [2.24, 2.45) is 23.7 Å². The first-order valence-electron chi connectivity index (χ1n) is 10.6. The number of fused-ring (bicyclic) bond motifs is 1. The summed E-state index contributed by atoms with van der Waals surface area (Å²) in [6.07, 6.45) is 17.9. The number of aliphatic hydroxyl groups excluding tert-OH is 2. The van der Waals surface area contributed by atoms with Crippen LogP contribution >= 0.6 is 0 Å². The Morgan fingerprint density at radius 2 is 2.00 bits per heavy atom. The zero-order chi connectivity index (χ0) is 17.6. The van der Waals surface area contributed by atoms with Crippen molar-refractivity contribution in [3.05, 3.63) is 23.8 Å². The Balaban J connectivity index is 1.50. The Labute approximate surface area is 153 Å². The molecule has 0 amide bonds. The SMILES string of the molecule is CNCCCCC=C1C[C@H]2C[C@@H](O)[C@H](C=C[C@@H](O)C3CCCC3)[C@H]2C1. The van der Waals surface area contributed by atoms with E-state index in [1.54, 1.807) is 5.57 Å². The summed E-state index contributed by atoms with van der Waals surface area (Å²) in [7, 11) is 2.01. The van der Waals surface area contributed by atoms with Gasteiger partial charge in [-0.25, -0.2) is 0 Å². The second-order valence-electron chi connectivity index (χ2n) is 8.59. The summed E-state index contributed by atoms with van der Waals surface area (Å²) in [5.74, 6) is 1.93. The summed E-state index contributed by atoms with van der Waals surface area (Å²) in [6.45, 7) is 1.11. The molecular weight excluding hydrogens is 310 g/mol. The molecule has 3 aliphatic rings. The molecule has 3 fully saturated rings. The predicted octanol–water partition coefficient (Wildman–Crippen LogP) is 3.82. The molecule has 0 spiro atoms. The molecule has 5 atom stereocenters. The molecule has 0 radical (unpaired) electrons. The van der Waals surface area contributed by atoms with Crippen molar-refractivity contribution in [3.63, 3.8) is 0 Å². The number of rotatable bonds is 8. The highest BCUT2D eigenvalue weighted by Crippen LogP contribution is 2.50. The van der Waals surface area contributed by atoms with Gasteiger partial charge in [0.1, 0.15) is 0 Å². The average molecular weight is 348 g/mol. The number of nitrogens with one attached hydrogen (secondary N) is 1. The van der Waals surface area contributed by atoms with Gasteiger partial charge in [0.25, 0.3) is 0 Å². The maximum absolute atomic E-state index is 10.5. The van der Waals surface area contributed by atoms with E-state index in [1.165, 1.54) is 38.5 Å². The summed E-state index contributed by atoms with van der Waals surface area (Å²) in [5, 5.41) is 24.1. The molecule has 25 heavy (non-hydrogen) atoms. The van der Waals surface area contributed by atoms with E-state index in [0.717, 1.165) is 32.2 Å². The van der Waals surface area contributed by atoms with Crippen LogP contribution in [0.15, 0.2) is 23.8 Å². The van der Waals surface area contributed by atoms with Crippen LogP contribution in [0.4, 0.5) is 0 Å². The first-order chi connectivity index (χ1) is 12.2. The van der Waals surface area contributed by atoms with Crippen molar-refractivity contribution in [1.29, 1.82) is 0 Å². The molecule has 3 nitrogen and oxygen atoms in total. The van der Waals surface area contributed by atoms with Gasteiger partial charge in [0.15, 0.2) is 0 Å². The number of unbranched alkanes of at least 4 members (excludes halogenated alkanes) is 2. The summed E-state index contributed by atoms with van der Waals surface area (Å²) in [6, 6.07) is 0. The number of allylic oxidation sites excluding steroid dienone is 2. The summed E-state index contributed by atoms with van der Waals surface area (Å²) >= 11 is 0. The van der Waals surface area contributed by atoms with Crippen LogP contribution in [0.3, 0.4) is 0 Å². The lowest BCUT2D eigenvalue weighted by molar-refractivity contribution is 0.135. The average Bonchev–Trinajstić information content (AvgIpc) is 3.30. The predicted molar refractivity (Wildman–Crippen MR) is 103 cm³/mol. The molecule has 3 aliphatic carbocycles. The smallest absolute Gasteiger partial charge is 0.0749 e. The minimum atomic E-state index is -0.308. The first-order valence-corrected chi connectivity index (χ1v) is 10.6. The van der Waals surface area contributed by atoms with Gasteiger partial charge in [0.2, 0.25) is 0 Å². The van der Waals surface area contributed by atoms with E-state index < -0.39 is 0 Å². The fourth-order valence-corrected chi connectivity index (χ4v) is 5.39. The van der Waals surface area contributed by atoms with Crippen LogP contribution in [0.5, 0.6) is 0 Å². The van der Waals surface area contributed by atoms with Gasteiger partial charge in [-0.1, -0.05) is 36.6 Å². The largest absolute Gasteiger partial charge is 0.392 e. The zero-order valence-electron chi connectivity index (χ0n) is 15.9. The highest BCUT2D eigenvalue weighted by atomic mass is 16.3. The second-order valence-corrected chi connectivity index (χ2v) is 8.59. The first kappa shape index (κ1) is 19.1. The molecule has 0 aliphatic heterocycles. The number of hydrogen-bond acceptors (Lipinski definition) is 3. The second kappa shape index (κ2) is 9.34. The standard InChI is InChI=1S/C22H37NO2/c1-23-12-6-2-3-7-16-13-18-15-22(25)19(20(18)14-16)10-11-21(24)17-8-4-5-9-17/h7,10-11,17-25H,2-6,8-9,12-15H2,1H3/t18-,19+,20-,21+,22+/m0/s1. The Kier molecular flexibility index (Phi) is 7.15. The van der Waals surface area contributed by atoms with E-state index in [4.69, 9.17) is 0 Å². The quantitative estimate of drug-likeness (QED) is 0.462. The van der Waals surface area contributed by atoms with E-state index in [9.17, 15) is 10.2 Å². The molecular formula is C22H37NO2. The molecule has 0 heterocycles. The van der Waals surface area contributed by atoms with Gasteiger partial charge in [-0.3, -0.25) is 0 Å². The van der Waals surface area contributed by atoms with Gasteiger partial charge in [-0.05, 0) is 82.7 Å². The lowest BCUT2D eigenvalue weighted by atomic mass is 9.89. The summed E-state index contributed by atoms with van der Waals surface area (Å²) in [4.78, 5) is 0. The van der Waals surface area contributed by atoms with Crippen LogP contribution in [0.1, 0.15) is 64.2 Å². The molecule has 3 saturated carbocycles. The van der Waals surface area contributed by atoms with Crippen molar-refractivity contribution >= 4 is 0 Å². The summed E-state index contributed by atoms with van der Waals surface area (Å²) < 4.78 is 0. The zero-order valence-corrected chi connectivity index (χ0v) is 15.9. The van der Waals surface area contributed by atoms with Crippen molar-refractivity contribution in [2.75, 3.05) is 13.6 Å². The molecule has 0 aromatic carbocycles. The maximum Gasteiger partial charge on any atom is 0.0749 e. The fourth-order valence-electron chi connectivity index (χ4n) is 5.39. The van der Waals surface area contributed by atoms with Crippen molar-refractivity contribution in [2.45, 2.75) is 76.4 Å². The minimum absolute atomic E-state index is 0.209. The Hall–Kier alpha value is -0.640. The van der Waals surface area contributed by atoms with E-state index >= 15 is 0 Å². The minimum Gasteiger partial charge on any atom is -0.392 e. The van der Waals surface area contributed by atoms with Crippen molar-refractivity contribution in [3.8, 4) is 0 Å². The van der Waals surface area contributed by atoms with Crippen LogP contribution < -0.4 is 5.32 Å². The molecule has 142 valence electrons.